The zero-order valence-electron chi connectivity index (χ0n) is 18.7. The van der Waals surface area contributed by atoms with Crippen LogP contribution < -0.4 is 20.7 Å². The van der Waals surface area contributed by atoms with Crippen molar-refractivity contribution < 1.29 is 18.7 Å². The van der Waals surface area contributed by atoms with Crippen LogP contribution in [0.15, 0.2) is 24.3 Å². The van der Waals surface area contributed by atoms with Gasteiger partial charge in [0.2, 0.25) is 0 Å². The van der Waals surface area contributed by atoms with E-state index < -0.39 is 0 Å². The summed E-state index contributed by atoms with van der Waals surface area (Å²) in [7, 11) is 1.71. The lowest BCUT2D eigenvalue weighted by Crippen LogP contribution is -2.43. The minimum absolute atomic E-state index is 0.274. The van der Waals surface area contributed by atoms with Crippen molar-refractivity contribution in [3.05, 3.63) is 46.2 Å². The van der Waals surface area contributed by atoms with Crippen LogP contribution in [0.1, 0.15) is 27.3 Å². The number of nitrogens with zero attached hydrogens (tertiary/aromatic N) is 2. The van der Waals surface area contributed by atoms with Crippen molar-refractivity contribution in [2.45, 2.75) is 25.8 Å². The molecular weight excluding hydrogens is 443 g/mol. The molecule has 3 aromatic rings. The average molecular weight is 471 g/mol. The molecule has 2 aliphatic heterocycles. The molecule has 2 aromatic heterocycles. The molecule has 33 heavy (non-hydrogen) atoms. The summed E-state index contributed by atoms with van der Waals surface area (Å²) in [6.45, 7) is 4.59. The minimum Gasteiger partial charge on any atom is -0.491 e. The molecule has 1 fully saturated rings. The Labute approximate surface area is 195 Å². The Bertz CT molecular complexity index is 1210. The van der Waals surface area contributed by atoms with E-state index in [1.807, 2.05) is 25.1 Å². The predicted molar refractivity (Wildman–Crippen MR) is 128 cm³/mol. The fourth-order valence-electron chi connectivity index (χ4n) is 4.64. The Balaban J connectivity index is 1.29. The van der Waals surface area contributed by atoms with Gasteiger partial charge in [0.15, 0.2) is 0 Å². The number of hydrogen-bond donors (Lipinski definition) is 2. The van der Waals surface area contributed by atoms with Gasteiger partial charge in [-0.2, -0.15) is 0 Å². The van der Waals surface area contributed by atoms with Crippen LogP contribution in [0.4, 0.5) is 15.8 Å². The molecule has 4 heterocycles. The smallest absolute Gasteiger partial charge is 0.263 e. The van der Waals surface area contributed by atoms with Crippen molar-refractivity contribution >= 4 is 38.8 Å². The molecule has 0 unspecified atom stereocenters. The Morgan fingerprint density at radius 1 is 1.42 bits per heavy atom. The molecule has 0 saturated carbocycles. The van der Waals surface area contributed by atoms with E-state index in [4.69, 9.17) is 15.2 Å². The Morgan fingerprint density at radius 3 is 3.09 bits per heavy atom. The highest BCUT2D eigenvalue weighted by Gasteiger charge is 2.29. The Morgan fingerprint density at radius 2 is 2.27 bits per heavy atom. The number of carbonyl (C=O) groups excluding carboxylic acids is 1. The van der Waals surface area contributed by atoms with Gasteiger partial charge < -0.3 is 25.4 Å². The van der Waals surface area contributed by atoms with Gasteiger partial charge in [-0.05, 0) is 31.5 Å². The number of aromatic nitrogens is 1. The molecule has 2 aliphatic rings. The number of amides is 1. The first-order chi connectivity index (χ1) is 15.9. The number of nitrogen functional groups attached to an aromatic ring is 1. The van der Waals surface area contributed by atoms with Gasteiger partial charge >= 0.3 is 0 Å². The molecule has 174 valence electrons. The lowest BCUT2D eigenvalue weighted by molar-refractivity contribution is 0.0919. The number of rotatable bonds is 5. The van der Waals surface area contributed by atoms with Crippen molar-refractivity contribution in [3.8, 4) is 5.75 Å². The van der Waals surface area contributed by atoms with Gasteiger partial charge in [-0.15, -0.1) is 11.3 Å². The molecule has 0 bridgehead atoms. The summed E-state index contributed by atoms with van der Waals surface area (Å²) in [6.07, 6.45) is 1.39. The summed E-state index contributed by atoms with van der Waals surface area (Å²) in [5, 5.41) is 3.73. The zero-order valence-corrected chi connectivity index (χ0v) is 19.5. The molecule has 2 atom stereocenters. The highest BCUT2D eigenvalue weighted by atomic mass is 32.1. The van der Waals surface area contributed by atoms with E-state index in [9.17, 15) is 4.79 Å². The maximum absolute atomic E-state index is 15.0. The Kier molecular flexibility index (Phi) is 5.84. The highest BCUT2D eigenvalue weighted by Crippen LogP contribution is 2.35. The monoisotopic (exact) mass is 470 g/mol. The summed E-state index contributed by atoms with van der Waals surface area (Å²) in [5.41, 5.74) is 8.81. The van der Waals surface area contributed by atoms with Crippen LogP contribution in [0.2, 0.25) is 0 Å². The van der Waals surface area contributed by atoms with E-state index in [2.05, 4.69) is 15.2 Å². The second-order valence-electron chi connectivity index (χ2n) is 8.80. The number of methoxy groups -OCH3 is 1. The summed E-state index contributed by atoms with van der Waals surface area (Å²) in [4.78, 5) is 20.7. The number of ether oxygens (including phenoxy) is 2. The molecule has 9 heteroatoms. The maximum Gasteiger partial charge on any atom is 0.263 e. The van der Waals surface area contributed by atoms with Crippen LogP contribution >= 0.6 is 11.3 Å². The zero-order chi connectivity index (χ0) is 23.1. The lowest BCUT2D eigenvalue weighted by atomic mass is 10.0. The standard InChI is InChI=1S/C24H27FN4O3S/c1-13-3-4-17-21(26)22(33-24(17)27-13)23(30)28-15-7-18-19(25)8-16(9-20(18)32-12-15)29-6-5-14(10-29)11-31-2/h3-4,8-9,14-15H,5-7,10-12,26H2,1-2H3,(H,28,30)/t14-,15-/m1/s1. The van der Waals surface area contributed by atoms with Gasteiger partial charge in [0, 0.05) is 60.9 Å². The van der Waals surface area contributed by atoms with E-state index in [-0.39, 0.29) is 24.4 Å². The number of hydrogen-bond acceptors (Lipinski definition) is 7. The number of nitrogens with two attached hydrogens (primary N) is 1. The third kappa shape index (κ3) is 4.22. The van der Waals surface area contributed by atoms with Crippen LogP contribution in [0, 0.1) is 18.7 Å². The molecule has 3 N–H and O–H groups in total. The van der Waals surface area contributed by atoms with E-state index in [1.54, 1.807) is 13.2 Å². The molecule has 5 rings (SSSR count). The van der Waals surface area contributed by atoms with Crippen LogP contribution in [0.3, 0.4) is 0 Å². The third-order valence-corrected chi connectivity index (χ3v) is 7.47. The fourth-order valence-corrected chi connectivity index (χ4v) is 5.69. The van der Waals surface area contributed by atoms with Crippen LogP contribution in [-0.2, 0) is 11.2 Å². The number of anilines is 2. The van der Waals surface area contributed by atoms with Gasteiger partial charge in [0.25, 0.3) is 5.91 Å². The number of halogens is 1. The van der Waals surface area contributed by atoms with Crippen molar-refractivity contribution in [1.29, 1.82) is 0 Å². The van der Waals surface area contributed by atoms with E-state index >= 15 is 4.39 Å². The number of nitrogens with one attached hydrogen (secondary N) is 1. The molecule has 1 saturated heterocycles. The number of aryl methyl sites for hydroxylation is 1. The minimum atomic E-state index is -0.345. The number of benzene rings is 1. The summed E-state index contributed by atoms with van der Waals surface area (Å²) < 4.78 is 26.2. The SMILES string of the molecule is COC[C@@H]1CCN(c2cc(F)c3c(c2)OC[C@H](NC(=O)c2sc4nc(C)ccc4c2N)C3)C1. The number of carbonyl (C=O) groups is 1. The molecule has 7 nitrogen and oxygen atoms in total. The molecule has 1 aromatic carbocycles. The van der Waals surface area contributed by atoms with E-state index in [0.29, 0.717) is 40.8 Å². The second kappa shape index (κ2) is 8.79. The van der Waals surface area contributed by atoms with Gasteiger partial charge in [-0.25, -0.2) is 9.37 Å². The summed E-state index contributed by atoms with van der Waals surface area (Å²) in [6, 6.07) is 6.88. The summed E-state index contributed by atoms with van der Waals surface area (Å²) in [5.74, 6) is 0.406. The van der Waals surface area contributed by atoms with Gasteiger partial charge in [0.1, 0.15) is 27.9 Å². The Hall–Kier alpha value is -2.91. The first kappa shape index (κ1) is 21.9. The van der Waals surface area contributed by atoms with Crippen LogP contribution in [0.5, 0.6) is 5.75 Å². The molecule has 0 spiro atoms. The highest BCUT2D eigenvalue weighted by molar-refractivity contribution is 7.21. The summed E-state index contributed by atoms with van der Waals surface area (Å²) >= 11 is 1.27. The van der Waals surface area contributed by atoms with E-state index in [1.165, 1.54) is 11.3 Å². The van der Waals surface area contributed by atoms with Crippen molar-refractivity contribution in [2.24, 2.45) is 5.92 Å². The predicted octanol–water partition coefficient (Wildman–Crippen LogP) is 3.53. The number of thiophene rings is 1. The first-order valence-electron chi connectivity index (χ1n) is 11.1. The topological polar surface area (TPSA) is 89.7 Å². The van der Waals surface area contributed by atoms with Gasteiger partial charge in [-0.3, -0.25) is 4.79 Å². The first-order valence-corrected chi connectivity index (χ1v) is 11.9. The quantitative estimate of drug-likeness (QED) is 0.593. The normalized spacial score (nSPS) is 20.0. The maximum atomic E-state index is 15.0. The van der Waals surface area contributed by atoms with Crippen molar-refractivity contribution in [1.82, 2.24) is 10.3 Å². The van der Waals surface area contributed by atoms with Gasteiger partial charge in [0.05, 0.1) is 18.3 Å². The largest absolute Gasteiger partial charge is 0.491 e. The van der Waals surface area contributed by atoms with Gasteiger partial charge in [-0.1, -0.05) is 0 Å². The fraction of sp³-hybridized carbons (Fsp3) is 0.417. The number of pyridine rings is 1. The molecule has 0 aliphatic carbocycles. The van der Waals surface area contributed by atoms with Crippen molar-refractivity contribution in [3.63, 3.8) is 0 Å². The lowest BCUT2D eigenvalue weighted by Gasteiger charge is -2.28. The molecule has 1 amide bonds. The van der Waals surface area contributed by atoms with Crippen LogP contribution in [0.25, 0.3) is 10.2 Å². The number of fused-ring (bicyclic) bond motifs is 2. The van der Waals surface area contributed by atoms with Crippen molar-refractivity contribution in [2.75, 3.05) is 44.0 Å². The second-order valence-corrected chi connectivity index (χ2v) is 9.80. The van der Waals surface area contributed by atoms with Crippen LogP contribution in [-0.4, -0.2) is 50.3 Å². The average Bonchev–Trinajstić information content (AvgIpc) is 3.39. The van der Waals surface area contributed by atoms with E-state index in [0.717, 1.165) is 41.1 Å². The molecular formula is C24H27FN4O3S. The molecule has 0 radical (unpaired) electrons. The third-order valence-electron chi connectivity index (χ3n) is 6.36.